The third kappa shape index (κ3) is 4.66. The lowest BCUT2D eigenvalue weighted by Gasteiger charge is -2.08. The van der Waals surface area contributed by atoms with Crippen molar-refractivity contribution < 1.29 is 14.3 Å². The van der Waals surface area contributed by atoms with Crippen LogP contribution in [0.5, 0.6) is 11.5 Å². The number of carbonyl (C=O) groups is 1. The fraction of sp³-hybridized carbons (Fsp3) is 0.0952. The van der Waals surface area contributed by atoms with Crippen LogP contribution in [-0.4, -0.2) is 18.1 Å². The Kier molecular flexibility index (Phi) is 6.24. The number of carbonyl (C=O) groups excluding carboxylic acids is 1. The molecule has 7 heteroatoms. The number of hydrogen-bond acceptors (Lipinski definition) is 6. The van der Waals surface area contributed by atoms with Crippen molar-refractivity contribution in [1.29, 1.82) is 5.26 Å². The maximum atomic E-state index is 11.2. The minimum Gasteiger partial charge on any atom is -0.493 e. The Bertz CT molecular complexity index is 1100. The molecule has 0 saturated carbocycles. The van der Waals surface area contributed by atoms with Crippen molar-refractivity contribution in [2.24, 2.45) is 0 Å². The van der Waals surface area contributed by atoms with Crippen LogP contribution in [-0.2, 0) is 4.79 Å². The maximum absolute atomic E-state index is 11.2. The largest absolute Gasteiger partial charge is 0.493 e. The molecule has 0 saturated heterocycles. The van der Waals surface area contributed by atoms with E-state index in [1.54, 1.807) is 24.3 Å². The second kappa shape index (κ2) is 8.83. The number of rotatable bonds is 5. The van der Waals surface area contributed by atoms with Crippen LogP contribution in [0.3, 0.4) is 0 Å². The molecule has 5 nitrogen and oxygen atoms in total. The number of allylic oxidation sites excluding steroid dienone is 1. The Balaban J connectivity index is 1.93. The molecule has 1 aromatic heterocycles. The van der Waals surface area contributed by atoms with E-state index in [1.807, 2.05) is 29.6 Å². The highest BCUT2D eigenvalue weighted by atomic mass is 79.9. The molecule has 0 fully saturated rings. The van der Waals surface area contributed by atoms with Crippen LogP contribution >= 0.6 is 27.3 Å². The third-order valence-electron chi connectivity index (χ3n) is 3.73. The predicted octanol–water partition coefficient (Wildman–Crippen LogP) is 5.57. The minimum absolute atomic E-state index is 0.330. The summed E-state index contributed by atoms with van der Waals surface area (Å²) in [5.74, 6) is 0.314. The van der Waals surface area contributed by atoms with Gasteiger partial charge in [0.05, 0.1) is 18.4 Å². The molecule has 0 N–H and O–H groups in total. The van der Waals surface area contributed by atoms with Crippen molar-refractivity contribution in [3.05, 3.63) is 62.9 Å². The summed E-state index contributed by atoms with van der Waals surface area (Å²) in [6.07, 6.45) is 1.73. The summed E-state index contributed by atoms with van der Waals surface area (Å²) in [7, 11) is 1.49. The van der Waals surface area contributed by atoms with E-state index in [0.717, 1.165) is 21.3 Å². The van der Waals surface area contributed by atoms with E-state index < -0.39 is 5.97 Å². The number of halogens is 1. The van der Waals surface area contributed by atoms with Gasteiger partial charge in [0, 0.05) is 22.3 Å². The van der Waals surface area contributed by atoms with Gasteiger partial charge in [0.15, 0.2) is 11.5 Å². The SMILES string of the molecule is COc1cc(/C=C(/C#N)c2nc(-c3cccc(Br)c3)cs2)ccc1OC(C)=O. The summed E-state index contributed by atoms with van der Waals surface area (Å²) in [5.41, 5.74) is 2.96. The highest BCUT2D eigenvalue weighted by Gasteiger charge is 2.11. The number of hydrogen-bond donors (Lipinski definition) is 0. The summed E-state index contributed by atoms with van der Waals surface area (Å²) in [6.45, 7) is 1.33. The molecule has 140 valence electrons. The topological polar surface area (TPSA) is 72.2 Å². The molecule has 0 unspecified atom stereocenters. The third-order valence-corrected chi connectivity index (χ3v) is 5.10. The Morgan fingerprint density at radius 3 is 2.75 bits per heavy atom. The fourth-order valence-electron chi connectivity index (χ4n) is 2.50. The number of aromatic nitrogens is 1. The van der Waals surface area contributed by atoms with E-state index in [9.17, 15) is 10.1 Å². The Morgan fingerprint density at radius 1 is 1.25 bits per heavy atom. The summed E-state index contributed by atoms with van der Waals surface area (Å²) in [5, 5.41) is 12.2. The van der Waals surface area contributed by atoms with Crippen LogP contribution in [0.2, 0.25) is 0 Å². The van der Waals surface area contributed by atoms with Gasteiger partial charge in [0.2, 0.25) is 0 Å². The van der Waals surface area contributed by atoms with Gasteiger partial charge in [-0.1, -0.05) is 34.1 Å². The molecular weight excluding hydrogens is 440 g/mol. The lowest BCUT2D eigenvalue weighted by molar-refractivity contribution is -0.132. The average molecular weight is 455 g/mol. The zero-order valence-corrected chi connectivity index (χ0v) is 17.5. The van der Waals surface area contributed by atoms with Gasteiger partial charge in [0.25, 0.3) is 0 Å². The number of ether oxygens (including phenoxy) is 2. The first kappa shape index (κ1) is 19.8. The number of esters is 1. The molecule has 2 aromatic carbocycles. The van der Waals surface area contributed by atoms with Gasteiger partial charge in [-0.05, 0) is 35.9 Å². The molecule has 0 atom stereocenters. The molecule has 0 aliphatic heterocycles. The zero-order chi connectivity index (χ0) is 20.1. The quantitative estimate of drug-likeness (QED) is 0.286. The molecule has 28 heavy (non-hydrogen) atoms. The van der Waals surface area contributed by atoms with Crippen molar-refractivity contribution in [2.75, 3.05) is 7.11 Å². The Labute approximate surface area is 175 Å². The highest BCUT2D eigenvalue weighted by Crippen LogP contribution is 2.32. The van der Waals surface area contributed by atoms with Gasteiger partial charge in [-0.3, -0.25) is 4.79 Å². The van der Waals surface area contributed by atoms with Crippen molar-refractivity contribution >= 4 is 44.9 Å². The molecular formula is C21H15BrN2O3S. The Hall–Kier alpha value is -2.95. The first-order valence-corrected chi connectivity index (χ1v) is 9.87. The standard InChI is InChI=1S/C21H15BrN2O3S/c1-13(25)27-19-7-6-14(9-20(19)26-2)8-16(11-23)21-24-18(12-28-21)15-4-3-5-17(22)10-15/h3-10,12H,1-2H3/b16-8-. The van der Waals surface area contributed by atoms with Crippen LogP contribution in [0.4, 0.5) is 0 Å². The smallest absolute Gasteiger partial charge is 0.308 e. The summed E-state index contributed by atoms with van der Waals surface area (Å²) < 4.78 is 11.3. The van der Waals surface area contributed by atoms with E-state index in [2.05, 4.69) is 27.0 Å². The molecule has 0 aliphatic carbocycles. The maximum Gasteiger partial charge on any atom is 0.308 e. The zero-order valence-electron chi connectivity index (χ0n) is 15.1. The fourth-order valence-corrected chi connectivity index (χ4v) is 3.69. The minimum atomic E-state index is -0.429. The normalized spacial score (nSPS) is 11.0. The lowest BCUT2D eigenvalue weighted by Crippen LogP contribution is -2.03. The number of thiazole rings is 1. The Morgan fingerprint density at radius 2 is 2.07 bits per heavy atom. The van der Waals surface area contributed by atoms with E-state index in [0.29, 0.717) is 22.1 Å². The summed E-state index contributed by atoms with van der Waals surface area (Å²) >= 11 is 4.86. The van der Waals surface area contributed by atoms with Gasteiger partial charge in [-0.15, -0.1) is 11.3 Å². The van der Waals surface area contributed by atoms with Crippen LogP contribution in [0, 0.1) is 11.3 Å². The van der Waals surface area contributed by atoms with E-state index in [1.165, 1.54) is 25.4 Å². The van der Waals surface area contributed by atoms with Gasteiger partial charge >= 0.3 is 5.97 Å². The van der Waals surface area contributed by atoms with Gasteiger partial charge in [0.1, 0.15) is 11.1 Å². The van der Waals surface area contributed by atoms with E-state index >= 15 is 0 Å². The van der Waals surface area contributed by atoms with Gasteiger partial charge in [-0.2, -0.15) is 5.26 Å². The number of methoxy groups -OCH3 is 1. The second-order valence-electron chi connectivity index (χ2n) is 5.72. The van der Waals surface area contributed by atoms with Crippen LogP contribution in [0.15, 0.2) is 52.3 Å². The molecule has 0 spiro atoms. The van der Waals surface area contributed by atoms with Crippen LogP contribution in [0.25, 0.3) is 22.9 Å². The average Bonchev–Trinajstić information content (AvgIpc) is 3.16. The van der Waals surface area contributed by atoms with Crippen LogP contribution in [0.1, 0.15) is 17.5 Å². The molecule has 0 aliphatic rings. The van der Waals surface area contributed by atoms with Gasteiger partial charge in [-0.25, -0.2) is 4.98 Å². The molecule has 1 heterocycles. The predicted molar refractivity (Wildman–Crippen MR) is 113 cm³/mol. The van der Waals surface area contributed by atoms with Crippen molar-refractivity contribution in [2.45, 2.75) is 6.92 Å². The monoisotopic (exact) mass is 454 g/mol. The molecule has 0 radical (unpaired) electrons. The van der Waals surface area contributed by atoms with E-state index in [4.69, 9.17) is 9.47 Å². The summed E-state index contributed by atoms with van der Waals surface area (Å²) in [4.78, 5) is 15.8. The molecule has 0 amide bonds. The number of nitrogens with zero attached hydrogens (tertiary/aromatic N) is 2. The highest BCUT2D eigenvalue weighted by molar-refractivity contribution is 9.10. The molecule has 3 aromatic rings. The summed E-state index contributed by atoms with van der Waals surface area (Å²) in [6, 6.07) is 15.1. The first-order chi connectivity index (χ1) is 13.5. The van der Waals surface area contributed by atoms with E-state index in [-0.39, 0.29) is 0 Å². The number of nitriles is 1. The second-order valence-corrected chi connectivity index (χ2v) is 7.50. The molecule has 3 rings (SSSR count). The van der Waals surface area contributed by atoms with Crippen LogP contribution < -0.4 is 9.47 Å². The van der Waals surface area contributed by atoms with Gasteiger partial charge < -0.3 is 9.47 Å². The molecule has 0 bridgehead atoms. The van der Waals surface area contributed by atoms with Crippen molar-refractivity contribution in [3.8, 4) is 28.8 Å². The lowest BCUT2D eigenvalue weighted by atomic mass is 10.1. The van der Waals surface area contributed by atoms with Crippen molar-refractivity contribution in [3.63, 3.8) is 0 Å². The van der Waals surface area contributed by atoms with Crippen molar-refractivity contribution in [1.82, 2.24) is 4.98 Å². The first-order valence-electron chi connectivity index (χ1n) is 8.20. The number of benzene rings is 2.